The minimum Gasteiger partial charge on any atom is -0.320 e. The Morgan fingerprint density at radius 3 is 2.12 bits per heavy atom. The summed E-state index contributed by atoms with van der Waals surface area (Å²) >= 11 is 0. The number of hydrogen-bond donors (Lipinski definition) is 3. The number of benzene rings is 1. The molecule has 0 unspecified atom stereocenters. The molecule has 9 heteroatoms. The molecule has 1 rings (SSSR count). The highest BCUT2D eigenvalue weighted by Gasteiger charge is 2.29. The molecule has 0 atom stereocenters. The molecule has 0 spiro atoms. The van der Waals surface area contributed by atoms with Gasteiger partial charge in [-0.25, -0.2) is 0 Å². The fourth-order valence-electron chi connectivity index (χ4n) is 1.00. The summed E-state index contributed by atoms with van der Waals surface area (Å²) in [4.78, 5) is 38.3. The average Bonchev–Trinajstić information content (AvgIpc) is 2.26. The molecule has 1 aromatic carbocycles. The predicted octanol–water partition coefficient (Wildman–Crippen LogP) is 0.932. The third-order valence-corrected chi connectivity index (χ3v) is 2.63. The van der Waals surface area contributed by atoms with Gasteiger partial charge in [0.05, 0.1) is 4.92 Å². The second-order valence-electron chi connectivity index (χ2n) is 3.03. The van der Waals surface area contributed by atoms with E-state index in [2.05, 4.69) is 0 Å². The van der Waals surface area contributed by atoms with Gasteiger partial charge in [-0.05, 0) is 12.1 Å². The van der Waals surface area contributed by atoms with E-state index in [1.165, 1.54) is 0 Å². The zero-order valence-corrected chi connectivity index (χ0v) is 9.13. The average molecular weight is 258 g/mol. The van der Waals surface area contributed by atoms with Gasteiger partial charge in [0.15, 0.2) is 5.45 Å². The molecule has 0 saturated carbocycles. The molecule has 8 nitrogen and oxygen atoms in total. The lowest BCUT2D eigenvalue weighted by molar-refractivity contribution is -0.384. The maximum atomic E-state index is 11.4. The first-order chi connectivity index (χ1) is 7.73. The van der Waals surface area contributed by atoms with Crippen molar-refractivity contribution in [2.24, 2.45) is 0 Å². The molecule has 0 aliphatic rings. The van der Waals surface area contributed by atoms with E-state index in [-0.39, 0.29) is 11.3 Å². The Hall–Kier alpha value is -1.89. The van der Waals surface area contributed by atoms with Gasteiger partial charge in [0.25, 0.3) is 5.69 Å². The fraction of sp³-hybridized carbons (Fsp3) is 0. The predicted molar refractivity (Wildman–Crippen MR) is 57.2 cm³/mol. The van der Waals surface area contributed by atoms with Crippen molar-refractivity contribution in [2.45, 2.75) is 0 Å². The van der Waals surface area contributed by atoms with Crippen molar-refractivity contribution in [2.75, 3.05) is 0 Å². The topological polar surface area (TPSA) is 142 Å². The Bertz CT molecular complexity index is 531. The minimum absolute atomic E-state index is 0.191. The maximum absolute atomic E-state index is 11.4. The lowest BCUT2D eigenvalue weighted by Gasteiger charge is -2.04. The van der Waals surface area contributed by atoms with Crippen LogP contribution >= 0.6 is 7.60 Å². The van der Waals surface area contributed by atoms with Crippen LogP contribution in [0, 0.1) is 15.5 Å². The molecule has 0 saturated heterocycles. The van der Waals surface area contributed by atoms with Gasteiger partial charge in [-0.2, -0.15) is 0 Å². The van der Waals surface area contributed by atoms with Crippen LogP contribution in [0.4, 0.5) is 5.69 Å². The molecule has 0 aliphatic heterocycles. The Balaban J connectivity index is 3.03. The van der Waals surface area contributed by atoms with E-state index in [4.69, 9.17) is 15.2 Å². The molecule has 90 valence electrons. The first-order valence-electron chi connectivity index (χ1n) is 4.17. The first-order valence-corrected chi connectivity index (χ1v) is 5.78. The van der Waals surface area contributed by atoms with E-state index < -0.39 is 23.8 Å². The number of hydrogen-bond acceptors (Lipinski definition) is 5. The van der Waals surface area contributed by atoms with Crippen molar-refractivity contribution in [1.29, 1.82) is 5.41 Å². The van der Waals surface area contributed by atoms with Crippen LogP contribution in [0.25, 0.3) is 0 Å². The van der Waals surface area contributed by atoms with Crippen molar-refractivity contribution in [3.05, 3.63) is 39.9 Å². The lowest BCUT2D eigenvalue weighted by atomic mass is 10.1. The number of nitrogens with one attached hydrogen (secondary N) is 1. The van der Waals surface area contributed by atoms with E-state index >= 15 is 0 Å². The van der Waals surface area contributed by atoms with Gasteiger partial charge in [0, 0.05) is 17.7 Å². The fourth-order valence-corrected chi connectivity index (χ4v) is 1.40. The molecule has 0 aliphatic carbocycles. The molecule has 0 amide bonds. The van der Waals surface area contributed by atoms with Gasteiger partial charge >= 0.3 is 7.60 Å². The van der Waals surface area contributed by atoms with E-state index in [9.17, 15) is 19.5 Å². The monoisotopic (exact) mass is 258 g/mol. The molecular weight excluding hydrogens is 251 g/mol. The Morgan fingerprint density at radius 2 is 1.76 bits per heavy atom. The second-order valence-corrected chi connectivity index (χ2v) is 4.56. The van der Waals surface area contributed by atoms with Crippen LogP contribution < -0.4 is 0 Å². The zero-order chi connectivity index (χ0) is 13.2. The smallest absolute Gasteiger partial charge is 0.320 e. The summed E-state index contributed by atoms with van der Waals surface area (Å²) in [5, 5.41) is 17.3. The molecule has 0 bridgehead atoms. The van der Waals surface area contributed by atoms with Gasteiger partial charge in [0.1, 0.15) is 0 Å². The van der Waals surface area contributed by atoms with E-state index in [0.29, 0.717) is 0 Å². The van der Waals surface area contributed by atoms with Crippen LogP contribution in [0.2, 0.25) is 0 Å². The number of nitro groups is 1. The van der Waals surface area contributed by atoms with E-state index in [1.807, 2.05) is 0 Å². The number of nitrogens with zero attached hydrogens (tertiary/aromatic N) is 1. The second kappa shape index (κ2) is 4.54. The molecule has 1 aromatic rings. The van der Waals surface area contributed by atoms with Crippen LogP contribution in [0.15, 0.2) is 24.3 Å². The highest BCUT2D eigenvalue weighted by Crippen LogP contribution is 2.37. The Kier molecular flexibility index (Phi) is 3.52. The summed E-state index contributed by atoms with van der Waals surface area (Å²) in [6.45, 7) is 0. The number of rotatable bonds is 4. The Morgan fingerprint density at radius 1 is 1.29 bits per heavy atom. The quantitative estimate of drug-likeness (QED) is 0.241. The van der Waals surface area contributed by atoms with Gasteiger partial charge in [-0.3, -0.25) is 24.9 Å². The van der Waals surface area contributed by atoms with Crippen LogP contribution in [-0.2, 0) is 4.57 Å². The molecule has 3 N–H and O–H groups in total. The first kappa shape index (κ1) is 13.2. The third-order valence-electron chi connectivity index (χ3n) is 1.85. The van der Waals surface area contributed by atoms with Crippen molar-refractivity contribution in [1.82, 2.24) is 0 Å². The third kappa shape index (κ3) is 3.04. The largest absolute Gasteiger partial charge is 0.377 e. The molecule has 0 fully saturated rings. The number of carbonyl (C=O) groups is 1. The normalized spacial score (nSPS) is 10.9. The summed E-state index contributed by atoms with van der Waals surface area (Å²) in [5.74, 6) is -1.16. The van der Waals surface area contributed by atoms with Gasteiger partial charge in [0.2, 0.25) is 5.78 Å². The maximum Gasteiger partial charge on any atom is 0.377 e. The SMILES string of the molecule is N=C(C(=O)c1ccc([N+](=O)[O-])cc1)P(=O)(O)O. The molecule has 0 aromatic heterocycles. The van der Waals surface area contributed by atoms with Crippen molar-refractivity contribution >= 4 is 24.5 Å². The molecule has 0 heterocycles. The Labute approximate surface area is 94.7 Å². The van der Waals surface area contributed by atoms with Crippen molar-refractivity contribution < 1.29 is 24.1 Å². The van der Waals surface area contributed by atoms with Crippen molar-refractivity contribution in [3.8, 4) is 0 Å². The van der Waals surface area contributed by atoms with Crippen molar-refractivity contribution in [3.63, 3.8) is 0 Å². The summed E-state index contributed by atoms with van der Waals surface area (Å²) in [5.41, 5.74) is -1.79. The lowest BCUT2D eigenvalue weighted by Crippen LogP contribution is -2.13. The van der Waals surface area contributed by atoms with E-state index in [0.717, 1.165) is 24.3 Å². The van der Waals surface area contributed by atoms with Crippen LogP contribution in [-0.4, -0.2) is 25.9 Å². The van der Waals surface area contributed by atoms with Gasteiger partial charge < -0.3 is 9.79 Å². The molecule has 0 radical (unpaired) electrons. The van der Waals surface area contributed by atoms with Crippen LogP contribution in [0.1, 0.15) is 10.4 Å². The molecular formula is C8H7N2O6P. The van der Waals surface area contributed by atoms with E-state index in [1.54, 1.807) is 0 Å². The summed E-state index contributed by atoms with van der Waals surface area (Å²) in [6, 6.07) is 4.09. The summed E-state index contributed by atoms with van der Waals surface area (Å²) in [6.07, 6.45) is 0. The van der Waals surface area contributed by atoms with Gasteiger partial charge in [-0.15, -0.1) is 0 Å². The van der Waals surface area contributed by atoms with Crippen LogP contribution in [0.5, 0.6) is 0 Å². The van der Waals surface area contributed by atoms with Crippen LogP contribution in [0.3, 0.4) is 0 Å². The number of carbonyl (C=O) groups excluding carboxylic acids is 1. The highest BCUT2D eigenvalue weighted by molar-refractivity contribution is 7.73. The number of Topliss-reactive ketones (excluding diaryl/α,β-unsaturated/α-hetero) is 1. The minimum atomic E-state index is -4.91. The highest BCUT2D eigenvalue weighted by atomic mass is 31.2. The standard InChI is InChI=1S/C8H7N2O6P/c9-8(17(14,15)16)7(11)5-1-3-6(4-2-5)10(12)13/h1-4,9H,(H2,14,15,16). The van der Waals surface area contributed by atoms with Gasteiger partial charge in [-0.1, -0.05) is 0 Å². The summed E-state index contributed by atoms with van der Waals surface area (Å²) in [7, 11) is -4.91. The zero-order valence-electron chi connectivity index (χ0n) is 8.23. The number of non-ortho nitro benzene ring substituents is 1. The number of nitro benzene ring substituents is 1. The number of ketones is 1. The summed E-state index contributed by atoms with van der Waals surface area (Å²) < 4.78 is 10.7. The molecule has 17 heavy (non-hydrogen) atoms.